The summed E-state index contributed by atoms with van der Waals surface area (Å²) >= 11 is 1.18. The zero-order valence-corrected chi connectivity index (χ0v) is 17.3. The number of nitrogens with zero attached hydrogens (tertiary/aromatic N) is 1. The first kappa shape index (κ1) is 20.6. The number of carbonyl (C=O) groups is 2. The second-order valence-electron chi connectivity index (χ2n) is 7.89. The quantitative estimate of drug-likeness (QED) is 0.764. The zero-order chi connectivity index (χ0) is 20.4. The average Bonchev–Trinajstić information content (AvgIpc) is 3.07. The highest BCUT2D eigenvalue weighted by molar-refractivity contribution is 7.18. The van der Waals surface area contributed by atoms with Gasteiger partial charge < -0.3 is 15.1 Å². The van der Waals surface area contributed by atoms with E-state index in [2.05, 4.69) is 6.92 Å². The summed E-state index contributed by atoms with van der Waals surface area (Å²) in [6, 6.07) is 11.1. The summed E-state index contributed by atoms with van der Waals surface area (Å²) < 4.78 is 0. The smallest absolute Gasteiger partial charge is 0.348 e. The molecule has 0 unspecified atom stereocenters. The van der Waals surface area contributed by atoms with Crippen molar-refractivity contribution in [2.45, 2.75) is 52.2 Å². The summed E-state index contributed by atoms with van der Waals surface area (Å²) in [5.74, 6) is -1.32. The number of hydrogen-bond acceptors (Lipinski definition) is 4. The van der Waals surface area contributed by atoms with Crippen molar-refractivity contribution in [3.8, 4) is 10.4 Å². The van der Waals surface area contributed by atoms with Gasteiger partial charge in [0.2, 0.25) is 5.91 Å². The second kappa shape index (κ2) is 8.45. The molecule has 1 saturated carbocycles. The van der Waals surface area contributed by atoms with Gasteiger partial charge in [-0.1, -0.05) is 37.3 Å². The van der Waals surface area contributed by atoms with Crippen molar-refractivity contribution < 1.29 is 19.8 Å². The van der Waals surface area contributed by atoms with Crippen LogP contribution in [-0.2, 0) is 4.79 Å². The van der Waals surface area contributed by atoms with Crippen LogP contribution in [-0.4, -0.2) is 34.2 Å². The van der Waals surface area contributed by atoms with Gasteiger partial charge in [0.05, 0.1) is 17.7 Å². The maximum atomic E-state index is 13.4. The minimum atomic E-state index is -1.04. The Hall–Kier alpha value is -2.18. The van der Waals surface area contributed by atoms with Crippen molar-refractivity contribution >= 4 is 28.9 Å². The zero-order valence-electron chi connectivity index (χ0n) is 16.5. The van der Waals surface area contributed by atoms with Crippen LogP contribution in [0, 0.1) is 11.8 Å². The number of carboxylic acid groups (broad SMARTS) is 1. The second-order valence-corrected chi connectivity index (χ2v) is 8.94. The number of carboxylic acids is 1. The molecule has 6 heteroatoms. The highest BCUT2D eigenvalue weighted by atomic mass is 32.1. The molecule has 0 aliphatic heterocycles. The molecule has 3 atom stereocenters. The fourth-order valence-corrected chi connectivity index (χ4v) is 4.92. The third kappa shape index (κ3) is 4.13. The number of amides is 1. The van der Waals surface area contributed by atoms with Crippen molar-refractivity contribution in [1.29, 1.82) is 0 Å². The fraction of sp³-hybridized carbons (Fsp3) is 0.455. The number of aliphatic hydroxyl groups is 1. The van der Waals surface area contributed by atoms with Gasteiger partial charge in [-0.25, -0.2) is 4.79 Å². The summed E-state index contributed by atoms with van der Waals surface area (Å²) in [7, 11) is 0. The van der Waals surface area contributed by atoms with Crippen molar-refractivity contribution in [3.05, 3.63) is 41.3 Å². The lowest BCUT2D eigenvalue weighted by atomic mass is 9.80. The lowest BCUT2D eigenvalue weighted by molar-refractivity contribution is -0.128. The maximum absolute atomic E-state index is 13.4. The van der Waals surface area contributed by atoms with Gasteiger partial charge in [0.1, 0.15) is 4.88 Å². The van der Waals surface area contributed by atoms with E-state index in [0.29, 0.717) is 24.4 Å². The van der Waals surface area contributed by atoms with Gasteiger partial charge >= 0.3 is 5.97 Å². The van der Waals surface area contributed by atoms with Crippen LogP contribution in [0.5, 0.6) is 0 Å². The molecule has 150 valence electrons. The summed E-state index contributed by atoms with van der Waals surface area (Å²) in [4.78, 5) is 27.8. The SMILES string of the molecule is CC(C)N(C(=O)[C@H]1CC[C@H](C)C[C@H]1O)c1cc(-c2ccccc2)sc1C(=O)O. The van der Waals surface area contributed by atoms with Gasteiger partial charge in [-0.15, -0.1) is 11.3 Å². The molecule has 0 spiro atoms. The molecule has 2 aromatic rings. The van der Waals surface area contributed by atoms with Gasteiger partial charge in [-0.3, -0.25) is 4.79 Å². The van der Waals surface area contributed by atoms with Gasteiger partial charge in [-0.05, 0) is 50.7 Å². The van der Waals surface area contributed by atoms with E-state index in [1.165, 1.54) is 11.3 Å². The number of rotatable bonds is 5. The molecule has 28 heavy (non-hydrogen) atoms. The first-order valence-corrected chi connectivity index (χ1v) is 10.5. The number of aliphatic hydroxyl groups excluding tert-OH is 1. The molecule has 1 aromatic carbocycles. The Morgan fingerprint density at radius 1 is 1.18 bits per heavy atom. The number of thiophene rings is 1. The Bertz CT molecular complexity index is 845. The lowest BCUT2D eigenvalue weighted by Gasteiger charge is -2.36. The Morgan fingerprint density at radius 2 is 1.86 bits per heavy atom. The van der Waals surface area contributed by atoms with Gasteiger partial charge in [0.15, 0.2) is 0 Å². The molecule has 3 rings (SSSR count). The third-order valence-electron chi connectivity index (χ3n) is 5.37. The van der Waals surface area contributed by atoms with Crippen LogP contribution in [0.1, 0.15) is 49.7 Å². The van der Waals surface area contributed by atoms with Crippen LogP contribution in [0.4, 0.5) is 5.69 Å². The van der Waals surface area contributed by atoms with E-state index in [9.17, 15) is 19.8 Å². The average molecular weight is 402 g/mol. The van der Waals surface area contributed by atoms with Gasteiger partial charge in [0.25, 0.3) is 0 Å². The minimum absolute atomic E-state index is 0.152. The molecule has 2 N–H and O–H groups in total. The molecule has 1 aromatic heterocycles. The van der Waals surface area contributed by atoms with Crippen LogP contribution in [0.15, 0.2) is 36.4 Å². The number of benzene rings is 1. The van der Waals surface area contributed by atoms with Crippen LogP contribution < -0.4 is 4.90 Å². The normalized spacial score (nSPS) is 22.2. The number of hydrogen-bond donors (Lipinski definition) is 2. The van der Waals surface area contributed by atoms with Crippen LogP contribution in [0.3, 0.4) is 0 Å². The molecule has 1 aliphatic carbocycles. The number of carbonyl (C=O) groups excluding carboxylic acids is 1. The monoisotopic (exact) mass is 401 g/mol. The Kier molecular flexibility index (Phi) is 6.20. The summed E-state index contributed by atoms with van der Waals surface area (Å²) in [6.07, 6.45) is 1.44. The Morgan fingerprint density at radius 3 is 2.43 bits per heavy atom. The molecule has 0 saturated heterocycles. The van der Waals surface area contributed by atoms with Crippen LogP contribution in [0.25, 0.3) is 10.4 Å². The van der Waals surface area contributed by atoms with Crippen molar-refractivity contribution in [1.82, 2.24) is 0 Å². The van der Waals surface area contributed by atoms with Crippen LogP contribution >= 0.6 is 11.3 Å². The molecular formula is C22H27NO4S. The molecule has 0 radical (unpaired) electrons. The Labute approximate surface area is 169 Å². The minimum Gasteiger partial charge on any atom is -0.477 e. The van der Waals surface area contributed by atoms with Gasteiger partial charge in [-0.2, -0.15) is 0 Å². The summed E-state index contributed by atoms with van der Waals surface area (Å²) in [6.45, 7) is 5.83. The number of aromatic carboxylic acids is 1. The van der Waals surface area contributed by atoms with E-state index in [0.717, 1.165) is 16.9 Å². The molecule has 1 fully saturated rings. The molecule has 5 nitrogen and oxygen atoms in total. The topological polar surface area (TPSA) is 77.8 Å². The number of anilines is 1. The van der Waals surface area contributed by atoms with E-state index in [1.54, 1.807) is 11.0 Å². The molecule has 0 bridgehead atoms. The van der Waals surface area contributed by atoms with E-state index >= 15 is 0 Å². The predicted molar refractivity (Wildman–Crippen MR) is 112 cm³/mol. The summed E-state index contributed by atoms with van der Waals surface area (Å²) in [5.41, 5.74) is 1.34. The summed E-state index contributed by atoms with van der Waals surface area (Å²) in [5, 5.41) is 20.2. The fourth-order valence-electron chi connectivity index (χ4n) is 3.93. The van der Waals surface area contributed by atoms with Crippen molar-refractivity contribution in [2.75, 3.05) is 4.90 Å². The lowest BCUT2D eigenvalue weighted by Crippen LogP contribution is -2.46. The van der Waals surface area contributed by atoms with Gasteiger partial charge in [0, 0.05) is 10.9 Å². The molecule has 1 aliphatic rings. The van der Waals surface area contributed by atoms with E-state index in [1.807, 2.05) is 44.2 Å². The van der Waals surface area contributed by atoms with Crippen molar-refractivity contribution in [2.24, 2.45) is 11.8 Å². The standard InChI is InChI=1S/C22H27NO4S/c1-13(2)23(21(25)16-10-9-14(3)11-18(16)24)17-12-19(28-20(17)22(26)27)15-7-5-4-6-8-15/h4-8,12-14,16,18,24H,9-11H2,1-3H3,(H,26,27)/t14-,16-,18+/m0/s1. The predicted octanol–water partition coefficient (Wildman–Crippen LogP) is 4.65. The molecule has 1 amide bonds. The third-order valence-corrected chi connectivity index (χ3v) is 6.54. The van der Waals surface area contributed by atoms with Crippen molar-refractivity contribution in [3.63, 3.8) is 0 Å². The maximum Gasteiger partial charge on any atom is 0.348 e. The van der Waals surface area contributed by atoms with E-state index < -0.39 is 18.0 Å². The van der Waals surface area contributed by atoms with Crippen LogP contribution in [0.2, 0.25) is 0 Å². The first-order valence-electron chi connectivity index (χ1n) is 9.73. The van der Waals surface area contributed by atoms with E-state index in [4.69, 9.17) is 0 Å². The first-order chi connectivity index (χ1) is 13.3. The molecular weight excluding hydrogens is 374 g/mol. The molecule has 1 heterocycles. The highest BCUT2D eigenvalue weighted by Gasteiger charge is 2.38. The highest BCUT2D eigenvalue weighted by Crippen LogP contribution is 2.39. The Balaban J connectivity index is 2.01. The largest absolute Gasteiger partial charge is 0.477 e. The van der Waals surface area contributed by atoms with E-state index in [-0.39, 0.29) is 16.8 Å².